The van der Waals surface area contributed by atoms with Gasteiger partial charge < -0.3 is 34.7 Å². The molecule has 30 heavy (non-hydrogen) atoms. The van der Waals surface area contributed by atoms with E-state index in [1.54, 1.807) is 7.11 Å². The first-order chi connectivity index (χ1) is 14.0. The van der Waals surface area contributed by atoms with Crippen LogP contribution in [0.3, 0.4) is 0 Å². The predicted molar refractivity (Wildman–Crippen MR) is 115 cm³/mol. The minimum absolute atomic E-state index is 0.0308. The van der Waals surface area contributed by atoms with Crippen LogP contribution >= 0.6 is 0 Å². The Morgan fingerprint density at radius 1 is 0.833 bits per heavy atom. The number of hydrogen-bond acceptors (Lipinski definition) is 7. The van der Waals surface area contributed by atoms with Crippen molar-refractivity contribution in [2.45, 2.75) is 66.4 Å². The van der Waals surface area contributed by atoms with E-state index >= 15 is 0 Å². The predicted octanol–water partition coefficient (Wildman–Crippen LogP) is 0.896. The molecule has 0 saturated carbocycles. The fourth-order valence-electron chi connectivity index (χ4n) is 1.93. The zero-order valence-electron chi connectivity index (χ0n) is 20.1. The van der Waals surface area contributed by atoms with Crippen molar-refractivity contribution in [3.63, 3.8) is 0 Å². The SMILES string of the molecule is CC(=O)NCCCCCCNC(C)=O.COC(C)C.COCC(C)(COC)C(=O)[O-]. The molecule has 0 aliphatic carbocycles. The molecule has 0 bridgehead atoms. The maximum Gasteiger partial charge on any atom is 0.216 e. The molecule has 180 valence electrons. The summed E-state index contributed by atoms with van der Waals surface area (Å²) < 4.78 is 14.2. The second kappa shape index (κ2) is 22.0. The number of amides is 2. The van der Waals surface area contributed by atoms with E-state index < -0.39 is 11.4 Å². The number of aliphatic carboxylic acids is 1. The highest BCUT2D eigenvalue weighted by Crippen LogP contribution is 2.15. The summed E-state index contributed by atoms with van der Waals surface area (Å²) >= 11 is 0. The Labute approximate surface area is 182 Å². The van der Waals surface area contributed by atoms with E-state index in [1.807, 2.05) is 13.8 Å². The maximum atomic E-state index is 10.5. The molecule has 0 atom stereocenters. The third-order valence-corrected chi connectivity index (χ3v) is 3.74. The lowest BCUT2D eigenvalue weighted by molar-refractivity contribution is -0.322. The topological polar surface area (TPSA) is 126 Å². The van der Waals surface area contributed by atoms with Gasteiger partial charge in [0.15, 0.2) is 0 Å². The van der Waals surface area contributed by atoms with E-state index in [0.717, 1.165) is 38.8 Å². The molecule has 0 aromatic rings. The molecular formula is C21H43N2O7-. The van der Waals surface area contributed by atoms with E-state index in [1.165, 1.54) is 35.0 Å². The Balaban J connectivity index is -0.000000405. The Morgan fingerprint density at radius 3 is 1.37 bits per heavy atom. The van der Waals surface area contributed by atoms with Gasteiger partial charge in [0.1, 0.15) is 0 Å². The van der Waals surface area contributed by atoms with E-state index in [2.05, 4.69) is 10.6 Å². The third-order valence-electron chi connectivity index (χ3n) is 3.74. The molecule has 0 saturated heterocycles. The molecule has 0 aliphatic heterocycles. The van der Waals surface area contributed by atoms with Crippen LogP contribution in [0.5, 0.6) is 0 Å². The van der Waals surface area contributed by atoms with Crippen LogP contribution in [0.4, 0.5) is 0 Å². The number of ether oxygens (including phenoxy) is 3. The van der Waals surface area contributed by atoms with Crippen molar-refractivity contribution < 1.29 is 33.7 Å². The molecule has 0 aliphatic rings. The average molecular weight is 436 g/mol. The average Bonchev–Trinajstić information content (AvgIpc) is 2.64. The number of rotatable bonds is 13. The highest BCUT2D eigenvalue weighted by atomic mass is 16.5. The van der Waals surface area contributed by atoms with Crippen LogP contribution in [-0.4, -0.2) is 71.5 Å². The fraction of sp³-hybridized carbons (Fsp3) is 0.857. The van der Waals surface area contributed by atoms with Gasteiger partial charge in [0.05, 0.1) is 30.7 Å². The molecule has 2 amide bonds. The van der Waals surface area contributed by atoms with Gasteiger partial charge >= 0.3 is 0 Å². The van der Waals surface area contributed by atoms with Crippen molar-refractivity contribution in [3.05, 3.63) is 0 Å². The molecule has 0 rings (SSSR count). The van der Waals surface area contributed by atoms with Crippen LogP contribution in [0.25, 0.3) is 0 Å². The largest absolute Gasteiger partial charge is 0.549 e. The molecule has 0 radical (unpaired) electrons. The molecule has 0 aromatic heterocycles. The Morgan fingerprint density at radius 2 is 1.17 bits per heavy atom. The summed E-state index contributed by atoms with van der Waals surface area (Å²) in [5.41, 5.74) is -1.04. The zero-order chi connectivity index (χ0) is 24.0. The van der Waals surface area contributed by atoms with Crippen LogP contribution in [0.2, 0.25) is 0 Å². The molecule has 0 unspecified atom stereocenters. The van der Waals surface area contributed by atoms with E-state index in [4.69, 9.17) is 14.2 Å². The van der Waals surface area contributed by atoms with Crippen molar-refractivity contribution in [1.29, 1.82) is 0 Å². The van der Waals surface area contributed by atoms with Gasteiger partial charge in [-0.1, -0.05) is 12.8 Å². The minimum Gasteiger partial charge on any atom is -0.549 e. The highest BCUT2D eigenvalue weighted by Gasteiger charge is 2.25. The quantitative estimate of drug-likeness (QED) is 0.412. The highest BCUT2D eigenvalue weighted by molar-refractivity contribution is 5.73. The van der Waals surface area contributed by atoms with Gasteiger partial charge in [-0.25, -0.2) is 0 Å². The lowest BCUT2D eigenvalue weighted by Gasteiger charge is -2.28. The Kier molecular flexibility index (Phi) is 24.1. The first-order valence-corrected chi connectivity index (χ1v) is 10.2. The molecular weight excluding hydrogens is 392 g/mol. The number of unbranched alkanes of at least 4 members (excludes halogenated alkanes) is 3. The third kappa shape index (κ3) is 26.3. The van der Waals surface area contributed by atoms with E-state index in [-0.39, 0.29) is 25.0 Å². The number of carboxylic acids is 1. The van der Waals surface area contributed by atoms with Gasteiger partial charge in [-0.15, -0.1) is 0 Å². The maximum absolute atomic E-state index is 10.5. The van der Waals surface area contributed by atoms with Crippen LogP contribution in [0.1, 0.15) is 60.3 Å². The molecule has 0 fully saturated rings. The number of methoxy groups -OCH3 is 3. The summed E-state index contributed by atoms with van der Waals surface area (Å²) in [6, 6.07) is 0. The summed E-state index contributed by atoms with van der Waals surface area (Å²) in [5, 5.41) is 16.0. The molecule has 2 N–H and O–H groups in total. The molecule has 9 nitrogen and oxygen atoms in total. The van der Waals surface area contributed by atoms with Gasteiger partial charge in [0.2, 0.25) is 11.8 Å². The number of nitrogens with one attached hydrogen (secondary N) is 2. The molecule has 0 spiro atoms. The normalized spacial score (nSPS) is 10.3. The lowest BCUT2D eigenvalue weighted by atomic mass is 9.93. The Hall–Kier alpha value is -1.71. The van der Waals surface area contributed by atoms with E-state index in [9.17, 15) is 19.5 Å². The summed E-state index contributed by atoms with van der Waals surface area (Å²) in [4.78, 5) is 31.5. The second-order valence-electron chi connectivity index (χ2n) is 7.38. The number of carbonyl (C=O) groups excluding carboxylic acids is 3. The van der Waals surface area contributed by atoms with E-state index in [0.29, 0.717) is 6.10 Å². The van der Waals surface area contributed by atoms with Crippen LogP contribution < -0.4 is 15.7 Å². The first kappa shape index (κ1) is 32.9. The van der Waals surface area contributed by atoms with Crippen LogP contribution in [0, 0.1) is 5.41 Å². The molecule has 9 heteroatoms. The molecule has 0 aromatic carbocycles. The van der Waals surface area contributed by atoms with Crippen LogP contribution in [0.15, 0.2) is 0 Å². The standard InChI is InChI=1S/C10H20N2O2.C7H14O4.C4H10O/c1-9(13)11-7-5-3-4-6-8-12-10(2)14;1-7(4-10-2,5-11-3)6(8)9;1-4(2)5-3/h3-8H2,1-2H3,(H,11,13)(H,12,14);4-5H2,1-3H3,(H,8,9);4H,1-3H3/p-1. The number of carbonyl (C=O) groups is 3. The fourth-order valence-corrected chi connectivity index (χ4v) is 1.93. The van der Waals surface area contributed by atoms with Crippen molar-refractivity contribution >= 4 is 17.8 Å². The second-order valence-corrected chi connectivity index (χ2v) is 7.38. The molecule has 0 heterocycles. The van der Waals surface area contributed by atoms with Crippen LogP contribution in [-0.2, 0) is 28.6 Å². The van der Waals surface area contributed by atoms with Gasteiger partial charge in [-0.05, 0) is 33.6 Å². The Bertz CT molecular complexity index is 417. The summed E-state index contributed by atoms with van der Waals surface area (Å²) in [6.07, 6.45) is 4.61. The van der Waals surface area contributed by atoms with Gasteiger partial charge in [-0.3, -0.25) is 9.59 Å². The summed E-state index contributed by atoms with van der Waals surface area (Å²) in [5.74, 6) is -1.09. The van der Waals surface area contributed by atoms with Gasteiger partial charge in [0.25, 0.3) is 0 Å². The minimum atomic E-state index is -1.15. The lowest BCUT2D eigenvalue weighted by Crippen LogP contribution is -2.46. The van der Waals surface area contributed by atoms with Crippen molar-refractivity contribution in [2.24, 2.45) is 5.41 Å². The summed E-state index contributed by atoms with van der Waals surface area (Å²) in [7, 11) is 4.58. The first-order valence-electron chi connectivity index (χ1n) is 10.2. The number of hydrogen-bond donors (Lipinski definition) is 2. The monoisotopic (exact) mass is 435 g/mol. The van der Waals surface area contributed by atoms with Crippen molar-refractivity contribution in [3.8, 4) is 0 Å². The number of carboxylic acid groups (broad SMARTS) is 1. The smallest absolute Gasteiger partial charge is 0.216 e. The van der Waals surface area contributed by atoms with Gasteiger partial charge in [-0.2, -0.15) is 0 Å². The van der Waals surface area contributed by atoms with Gasteiger partial charge in [0, 0.05) is 48.3 Å². The zero-order valence-corrected chi connectivity index (χ0v) is 20.1. The van der Waals surface area contributed by atoms with Crippen molar-refractivity contribution in [1.82, 2.24) is 10.6 Å². The summed E-state index contributed by atoms with van der Waals surface area (Å²) in [6.45, 7) is 10.3. The van der Waals surface area contributed by atoms with Crippen molar-refractivity contribution in [2.75, 3.05) is 47.6 Å².